The quantitative estimate of drug-likeness (QED) is 0.0883. The van der Waals surface area contributed by atoms with Gasteiger partial charge in [0.05, 0.1) is 6.61 Å². The first-order valence-electron chi connectivity index (χ1n) is 15.4. The van der Waals surface area contributed by atoms with Crippen molar-refractivity contribution < 1.29 is 19.1 Å². The molecule has 0 saturated carbocycles. The maximum absolute atomic E-state index is 11.9. The van der Waals surface area contributed by atoms with Crippen molar-refractivity contribution in [2.24, 2.45) is 5.92 Å². The lowest BCUT2D eigenvalue weighted by Gasteiger charge is -2.19. The number of hydrogen-bond acceptors (Lipinski definition) is 4. The fraction of sp³-hybridized carbons (Fsp3) is 0.935. The number of rotatable bonds is 26. The van der Waals surface area contributed by atoms with Gasteiger partial charge in [0.2, 0.25) is 0 Å². The Labute approximate surface area is 218 Å². The number of ether oxygens (including phenoxy) is 2. The number of carbonyl (C=O) groups excluding carboxylic acids is 2. The van der Waals surface area contributed by atoms with Crippen molar-refractivity contribution in [3.63, 3.8) is 0 Å². The Morgan fingerprint density at radius 1 is 0.543 bits per heavy atom. The summed E-state index contributed by atoms with van der Waals surface area (Å²) < 4.78 is 10.9. The first kappa shape index (κ1) is 33.9. The highest BCUT2D eigenvalue weighted by atomic mass is 16.5. The SMILES string of the molecule is CCCCCCCCCCCCCCCOC(=O)CCCCCCCCC(=O)OC(CC)C(C)C. The number of unbranched alkanes of at least 4 members (excludes halogenated alkanes) is 17. The topological polar surface area (TPSA) is 52.6 Å². The summed E-state index contributed by atoms with van der Waals surface area (Å²) in [6.45, 7) is 9.11. The highest BCUT2D eigenvalue weighted by Crippen LogP contribution is 2.15. The van der Waals surface area contributed by atoms with E-state index >= 15 is 0 Å². The molecule has 0 saturated heterocycles. The minimum atomic E-state index is -0.0585. The zero-order valence-corrected chi connectivity index (χ0v) is 24.1. The van der Waals surface area contributed by atoms with E-state index in [9.17, 15) is 9.59 Å². The summed E-state index contributed by atoms with van der Waals surface area (Å²) in [4.78, 5) is 23.8. The van der Waals surface area contributed by atoms with Gasteiger partial charge < -0.3 is 9.47 Å². The predicted octanol–water partition coefficient (Wildman–Crippen LogP) is 9.72. The predicted molar refractivity (Wildman–Crippen MR) is 149 cm³/mol. The maximum atomic E-state index is 11.9. The Bertz CT molecular complexity index is 475. The van der Waals surface area contributed by atoms with Crippen LogP contribution in [0.15, 0.2) is 0 Å². The van der Waals surface area contributed by atoms with Crippen LogP contribution in [-0.4, -0.2) is 24.6 Å². The van der Waals surface area contributed by atoms with Crippen LogP contribution in [-0.2, 0) is 19.1 Å². The summed E-state index contributed by atoms with van der Waals surface area (Å²) in [7, 11) is 0. The van der Waals surface area contributed by atoms with E-state index in [0.29, 0.717) is 25.4 Å². The largest absolute Gasteiger partial charge is 0.466 e. The van der Waals surface area contributed by atoms with E-state index in [0.717, 1.165) is 51.4 Å². The molecule has 0 bridgehead atoms. The molecular formula is C31H60O4. The second-order valence-electron chi connectivity index (χ2n) is 10.8. The molecule has 0 rings (SSSR count). The van der Waals surface area contributed by atoms with Crippen molar-refractivity contribution in [2.75, 3.05) is 6.61 Å². The summed E-state index contributed by atoms with van der Waals surface area (Å²) in [5.41, 5.74) is 0. The van der Waals surface area contributed by atoms with E-state index in [1.807, 2.05) is 0 Å². The monoisotopic (exact) mass is 496 g/mol. The minimum Gasteiger partial charge on any atom is -0.466 e. The molecule has 208 valence electrons. The van der Waals surface area contributed by atoms with Crippen LogP contribution in [0.4, 0.5) is 0 Å². The summed E-state index contributed by atoms with van der Waals surface area (Å²) in [6, 6.07) is 0. The van der Waals surface area contributed by atoms with E-state index in [1.165, 1.54) is 77.0 Å². The minimum absolute atomic E-state index is 0.0395. The van der Waals surface area contributed by atoms with Gasteiger partial charge in [-0.2, -0.15) is 0 Å². The highest BCUT2D eigenvalue weighted by Gasteiger charge is 2.15. The Kier molecular flexibility index (Phi) is 25.2. The van der Waals surface area contributed by atoms with Crippen LogP contribution in [0.25, 0.3) is 0 Å². The van der Waals surface area contributed by atoms with Crippen LogP contribution in [0.1, 0.15) is 169 Å². The van der Waals surface area contributed by atoms with Crippen molar-refractivity contribution in [1.82, 2.24) is 0 Å². The van der Waals surface area contributed by atoms with Gasteiger partial charge in [-0.1, -0.05) is 130 Å². The summed E-state index contributed by atoms with van der Waals surface area (Å²) in [6.07, 6.45) is 25.4. The molecule has 35 heavy (non-hydrogen) atoms. The molecule has 0 fully saturated rings. The molecule has 0 aliphatic rings. The van der Waals surface area contributed by atoms with Gasteiger partial charge in [-0.15, -0.1) is 0 Å². The van der Waals surface area contributed by atoms with Gasteiger partial charge in [-0.25, -0.2) is 0 Å². The average Bonchev–Trinajstić information content (AvgIpc) is 2.84. The average molecular weight is 497 g/mol. The molecule has 0 N–H and O–H groups in total. The summed E-state index contributed by atoms with van der Waals surface area (Å²) in [5.74, 6) is 0.282. The zero-order valence-electron chi connectivity index (χ0n) is 24.1. The molecule has 1 atom stereocenters. The van der Waals surface area contributed by atoms with E-state index in [4.69, 9.17) is 9.47 Å². The Morgan fingerprint density at radius 2 is 0.943 bits per heavy atom. The summed E-state index contributed by atoms with van der Waals surface area (Å²) in [5, 5.41) is 0. The molecule has 4 heteroatoms. The van der Waals surface area contributed by atoms with Crippen molar-refractivity contribution in [2.45, 2.75) is 175 Å². The van der Waals surface area contributed by atoms with Gasteiger partial charge in [-0.05, 0) is 31.6 Å². The third kappa shape index (κ3) is 24.4. The molecule has 1 unspecified atom stereocenters. The maximum Gasteiger partial charge on any atom is 0.306 e. The first-order valence-corrected chi connectivity index (χ1v) is 15.4. The smallest absolute Gasteiger partial charge is 0.306 e. The lowest BCUT2D eigenvalue weighted by molar-refractivity contribution is -0.151. The Balaban J connectivity index is 3.32. The van der Waals surface area contributed by atoms with Crippen LogP contribution in [0.5, 0.6) is 0 Å². The van der Waals surface area contributed by atoms with E-state index in [-0.39, 0.29) is 18.0 Å². The lowest BCUT2D eigenvalue weighted by atomic mass is 10.0. The molecule has 0 amide bonds. The number of hydrogen-bond donors (Lipinski definition) is 0. The van der Waals surface area contributed by atoms with Crippen LogP contribution >= 0.6 is 0 Å². The van der Waals surface area contributed by atoms with Crippen LogP contribution < -0.4 is 0 Å². The molecule has 0 aromatic heterocycles. The van der Waals surface area contributed by atoms with Crippen LogP contribution in [0, 0.1) is 5.92 Å². The Morgan fingerprint density at radius 3 is 1.37 bits per heavy atom. The fourth-order valence-corrected chi connectivity index (χ4v) is 4.54. The molecular weight excluding hydrogens is 436 g/mol. The normalized spacial score (nSPS) is 12.1. The molecule has 0 heterocycles. The van der Waals surface area contributed by atoms with Crippen LogP contribution in [0.2, 0.25) is 0 Å². The van der Waals surface area contributed by atoms with Gasteiger partial charge in [0.1, 0.15) is 6.10 Å². The molecule has 0 radical (unpaired) electrons. The third-order valence-corrected chi connectivity index (χ3v) is 6.95. The van der Waals surface area contributed by atoms with Gasteiger partial charge in [-0.3, -0.25) is 9.59 Å². The van der Waals surface area contributed by atoms with E-state index in [1.54, 1.807) is 0 Å². The van der Waals surface area contributed by atoms with Gasteiger partial charge >= 0.3 is 11.9 Å². The molecule has 0 aliphatic heterocycles. The van der Waals surface area contributed by atoms with Crippen molar-refractivity contribution in [3.05, 3.63) is 0 Å². The fourth-order valence-electron chi connectivity index (χ4n) is 4.54. The molecule has 0 aromatic rings. The Hall–Kier alpha value is -1.06. The number of esters is 2. The summed E-state index contributed by atoms with van der Waals surface area (Å²) >= 11 is 0. The van der Waals surface area contributed by atoms with Crippen molar-refractivity contribution in [3.8, 4) is 0 Å². The lowest BCUT2D eigenvalue weighted by Crippen LogP contribution is -2.22. The second kappa shape index (κ2) is 26.0. The molecule has 0 aromatic carbocycles. The van der Waals surface area contributed by atoms with Gasteiger partial charge in [0.15, 0.2) is 0 Å². The zero-order chi connectivity index (χ0) is 26.0. The molecule has 0 spiro atoms. The van der Waals surface area contributed by atoms with Gasteiger partial charge in [0, 0.05) is 12.8 Å². The van der Waals surface area contributed by atoms with E-state index in [2.05, 4.69) is 27.7 Å². The third-order valence-electron chi connectivity index (χ3n) is 6.95. The first-order chi connectivity index (χ1) is 17.0. The van der Waals surface area contributed by atoms with Crippen LogP contribution in [0.3, 0.4) is 0 Å². The van der Waals surface area contributed by atoms with Crippen molar-refractivity contribution in [1.29, 1.82) is 0 Å². The number of carbonyl (C=O) groups is 2. The van der Waals surface area contributed by atoms with Gasteiger partial charge in [0.25, 0.3) is 0 Å². The molecule has 4 nitrogen and oxygen atoms in total. The van der Waals surface area contributed by atoms with E-state index < -0.39 is 0 Å². The molecule has 0 aliphatic carbocycles. The van der Waals surface area contributed by atoms with Crippen molar-refractivity contribution >= 4 is 11.9 Å². The standard InChI is InChI=1S/C31H60O4/c1-5-7-8-9-10-11-12-13-14-15-18-21-24-27-34-30(32)25-22-19-16-17-20-23-26-31(33)35-29(6-2)28(3)4/h28-29H,5-27H2,1-4H3. The second-order valence-corrected chi connectivity index (χ2v) is 10.8. The highest BCUT2D eigenvalue weighted by molar-refractivity contribution is 5.69.